The molecule has 66 valence electrons. The van der Waals surface area contributed by atoms with Crippen LogP contribution in [0.2, 0.25) is 0 Å². The number of aromatic nitrogens is 2. The number of carbonyl (C=O) groups excluding carboxylic acids is 1. The van der Waals surface area contributed by atoms with Crippen molar-refractivity contribution in [3.8, 4) is 0 Å². The van der Waals surface area contributed by atoms with Crippen molar-refractivity contribution in [2.45, 2.75) is 0 Å². The fourth-order valence-corrected chi connectivity index (χ4v) is 1.01. The van der Waals surface area contributed by atoms with Gasteiger partial charge in [0.05, 0.1) is 0 Å². The van der Waals surface area contributed by atoms with Crippen molar-refractivity contribution in [2.75, 3.05) is 0 Å². The Kier molecular flexibility index (Phi) is 1.67. The number of amides is 1. The number of nitrogen functional groups attached to an aromatic ring is 1. The highest BCUT2D eigenvalue weighted by Gasteiger charge is 2.06. The summed E-state index contributed by atoms with van der Waals surface area (Å²) in [5.74, 6) is 4.59. The topological polar surface area (TPSA) is 94.0 Å². The van der Waals surface area contributed by atoms with Crippen LogP contribution in [0.4, 0.5) is 0 Å². The van der Waals surface area contributed by atoms with Gasteiger partial charge in [-0.1, -0.05) is 0 Å². The van der Waals surface area contributed by atoms with Crippen LogP contribution in [0.5, 0.6) is 0 Å². The maximum atomic E-state index is 11.1. The largest absolute Gasteiger partial charge is 0.290 e. The maximum Gasteiger partial charge on any atom is 0.265 e. The van der Waals surface area contributed by atoms with Crippen LogP contribution < -0.4 is 11.3 Å². The van der Waals surface area contributed by atoms with Gasteiger partial charge in [-0.05, 0) is 28.5 Å². The van der Waals surface area contributed by atoms with Crippen molar-refractivity contribution in [1.29, 1.82) is 0 Å². The van der Waals surface area contributed by atoms with Crippen molar-refractivity contribution in [1.82, 2.24) is 15.7 Å². The van der Waals surface area contributed by atoms with Gasteiger partial charge in [0.15, 0.2) is 0 Å². The second-order valence-corrected chi connectivity index (χ2v) is 2.44. The first-order valence-electron chi connectivity index (χ1n) is 3.54. The molecule has 1 aromatic heterocycles. The quantitative estimate of drug-likeness (QED) is 0.359. The minimum atomic E-state index is -0.370. The number of carbonyl (C=O) groups is 1. The third-order valence-electron chi connectivity index (χ3n) is 1.65. The predicted molar refractivity (Wildman–Crippen MR) is 43.5 cm³/mol. The van der Waals surface area contributed by atoms with Crippen molar-refractivity contribution < 1.29 is 9.42 Å². The lowest BCUT2D eigenvalue weighted by Crippen LogP contribution is -2.29. The molecule has 1 aromatic carbocycles. The number of rotatable bonds is 1. The molecule has 0 saturated heterocycles. The summed E-state index contributed by atoms with van der Waals surface area (Å²) in [6.07, 6.45) is 0. The van der Waals surface area contributed by atoms with E-state index in [1.54, 1.807) is 18.2 Å². The van der Waals surface area contributed by atoms with Crippen LogP contribution in [0.3, 0.4) is 0 Å². The molecule has 0 radical (unpaired) electrons. The lowest BCUT2D eigenvalue weighted by Gasteiger charge is -1.96. The molecule has 0 spiro atoms. The van der Waals surface area contributed by atoms with Gasteiger partial charge in [0.1, 0.15) is 11.0 Å². The third kappa shape index (κ3) is 1.23. The first kappa shape index (κ1) is 7.69. The highest BCUT2D eigenvalue weighted by atomic mass is 16.6. The standard InChI is InChI=1S/C7H6N4O2/c8-9-7(12)4-1-2-5-6(3-4)11-13-10-5/h1-3H,8H2,(H,9,12). The Balaban J connectivity index is 2.54. The van der Waals surface area contributed by atoms with E-state index in [2.05, 4.69) is 14.9 Å². The Morgan fingerprint density at radius 3 is 2.92 bits per heavy atom. The number of nitrogens with zero attached hydrogens (tertiary/aromatic N) is 2. The zero-order valence-corrected chi connectivity index (χ0v) is 6.52. The van der Waals surface area contributed by atoms with Crippen LogP contribution in [0, 0.1) is 0 Å². The number of nitrogens with one attached hydrogen (secondary N) is 1. The molecular weight excluding hydrogens is 172 g/mol. The SMILES string of the molecule is NNC(=O)c1ccc2nonc2c1. The van der Waals surface area contributed by atoms with Gasteiger partial charge < -0.3 is 0 Å². The molecular formula is C7H6N4O2. The Morgan fingerprint density at radius 2 is 2.15 bits per heavy atom. The molecule has 0 aliphatic rings. The Labute approximate surface area is 72.6 Å². The van der Waals surface area contributed by atoms with Gasteiger partial charge >= 0.3 is 0 Å². The molecule has 3 N–H and O–H groups in total. The van der Waals surface area contributed by atoms with Gasteiger partial charge in [-0.25, -0.2) is 10.5 Å². The van der Waals surface area contributed by atoms with E-state index in [1.165, 1.54) is 0 Å². The smallest absolute Gasteiger partial charge is 0.265 e. The number of hydrogen-bond donors (Lipinski definition) is 2. The zero-order chi connectivity index (χ0) is 9.26. The third-order valence-corrected chi connectivity index (χ3v) is 1.65. The number of benzene rings is 1. The molecule has 0 unspecified atom stereocenters. The summed E-state index contributed by atoms with van der Waals surface area (Å²) in [5.41, 5.74) is 3.58. The molecule has 0 aliphatic carbocycles. The van der Waals surface area contributed by atoms with Crippen LogP contribution in [0.1, 0.15) is 10.4 Å². The molecule has 0 aliphatic heterocycles. The van der Waals surface area contributed by atoms with Crippen molar-refractivity contribution in [2.24, 2.45) is 5.84 Å². The number of hydrogen-bond acceptors (Lipinski definition) is 5. The predicted octanol–water partition coefficient (Wildman–Crippen LogP) is -0.174. The molecule has 0 bridgehead atoms. The molecule has 2 aromatic rings. The molecule has 1 amide bonds. The lowest BCUT2D eigenvalue weighted by molar-refractivity contribution is 0.0954. The number of fused-ring (bicyclic) bond motifs is 1. The molecule has 6 heteroatoms. The normalized spacial score (nSPS) is 10.2. The summed E-state index contributed by atoms with van der Waals surface area (Å²) < 4.78 is 4.47. The molecule has 6 nitrogen and oxygen atoms in total. The van der Waals surface area contributed by atoms with Gasteiger partial charge in [0.25, 0.3) is 5.91 Å². The summed E-state index contributed by atoms with van der Waals surface area (Å²) in [7, 11) is 0. The van der Waals surface area contributed by atoms with Crippen LogP contribution >= 0.6 is 0 Å². The monoisotopic (exact) mass is 178 g/mol. The van der Waals surface area contributed by atoms with Gasteiger partial charge in [-0.15, -0.1) is 0 Å². The Morgan fingerprint density at radius 1 is 1.38 bits per heavy atom. The van der Waals surface area contributed by atoms with Crippen molar-refractivity contribution in [3.05, 3.63) is 23.8 Å². The highest BCUT2D eigenvalue weighted by Crippen LogP contribution is 2.10. The average Bonchev–Trinajstić information content (AvgIpc) is 2.63. The first-order chi connectivity index (χ1) is 6.31. The van der Waals surface area contributed by atoms with Gasteiger partial charge in [-0.2, -0.15) is 0 Å². The zero-order valence-electron chi connectivity index (χ0n) is 6.52. The van der Waals surface area contributed by atoms with Gasteiger partial charge in [0, 0.05) is 5.56 Å². The lowest BCUT2D eigenvalue weighted by atomic mass is 10.2. The van der Waals surface area contributed by atoms with Crippen molar-refractivity contribution >= 4 is 16.9 Å². The van der Waals surface area contributed by atoms with E-state index in [4.69, 9.17) is 5.84 Å². The highest BCUT2D eigenvalue weighted by molar-refractivity contribution is 5.96. The van der Waals surface area contributed by atoms with E-state index < -0.39 is 0 Å². The van der Waals surface area contributed by atoms with Gasteiger partial charge in [0.2, 0.25) is 0 Å². The fraction of sp³-hybridized carbons (Fsp3) is 0. The van der Waals surface area contributed by atoms with Crippen LogP contribution in [0.25, 0.3) is 11.0 Å². The van der Waals surface area contributed by atoms with E-state index in [-0.39, 0.29) is 5.91 Å². The van der Waals surface area contributed by atoms with Crippen LogP contribution in [-0.4, -0.2) is 16.2 Å². The summed E-state index contributed by atoms with van der Waals surface area (Å²) in [6.45, 7) is 0. The van der Waals surface area contributed by atoms with E-state index in [0.717, 1.165) is 0 Å². The molecule has 13 heavy (non-hydrogen) atoms. The van der Waals surface area contributed by atoms with Crippen LogP contribution in [0.15, 0.2) is 22.8 Å². The first-order valence-corrected chi connectivity index (χ1v) is 3.54. The Bertz CT molecular complexity index is 450. The van der Waals surface area contributed by atoms with Gasteiger partial charge in [-0.3, -0.25) is 10.2 Å². The minimum absolute atomic E-state index is 0.370. The maximum absolute atomic E-state index is 11.1. The summed E-state index contributed by atoms with van der Waals surface area (Å²) in [4.78, 5) is 11.1. The van der Waals surface area contributed by atoms with Crippen molar-refractivity contribution in [3.63, 3.8) is 0 Å². The van der Waals surface area contributed by atoms with E-state index in [9.17, 15) is 4.79 Å². The van der Waals surface area contributed by atoms with E-state index in [0.29, 0.717) is 16.6 Å². The van der Waals surface area contributed by atoms with E-state index in [1.807, 2.05) is 5.43 Å². The average molecular weight is 178 g/mol. The molecule has 0 saturated carbocycles. The van der Waals surface area contributed by atoms with Crippen LogP contribution in [-0.2, 0) is 0 Å². The summed E-state index contributed by atoms with van der Waals surface area (Å²) in [6, 6.07) is 4.78. The summed E-state index contributed by atoms with van der Waals surface area (Å²) >= 11 is 0. The molecule has 0 fully saturated rings. The number of nitrogens with two attached hydrogens (primary N) is 1. The summed E-state index contributed by atoms with van der Waals surface area (Å²) in [5, 5.41) is 7.19. The number of hydrazine groups is 1. The minimum Gasteiger partial charge on any atom is -0.290 e. The molecule has 2 rings (SSSR count). The Hall–Kier alpha value is -1.95. The second-order valence-electron chi connectivity index (χ2n) is 2.44. The second kappa shape index (κ2) is 2.83. The molecule has 1 heterocycles. The molecule has 0 atom stereocenters. The fourth-order valence-electron chi connectivity index (χ4n) is 1.01. The van der Waals surface area contributed by atoms with E-state index >= 15 is 0 Å².